The number of ether oxygens (including phenoxy) is 1. The number of aromatic amines is 3. The van der Waals surface area contributed by atoms with Gasteiger partial charge in [-0.3, -0.25) is 57.7 Å². The highest BCUT2D eigenvalue weighted by atomic mass is 16.5. The van der Waals surface area contributed by atoms with Gasteiger partial charge in [-0.05, 0) is 85.4 Å². The van der Waals surface area contributed by atoms with Crippen LogP contribution in [0.5, 0.6) is 5.75 Å². The van der Waals surface area contributed by atoms with Crippen LogP contribution in [0.1, 0.15) is 81.2 Å². The van der Waals surface area contributed by atoms with Crippen molar-refractivity contribution >= 4 is 98.7 Å². The van der Waals surface area contributed by atoms with Gasteiger partial charge >= 0.3 is 5.97 Å². The van der Waals surface area contributed by atoms with Gasteiger partial charge in [-0.15, -0.1) is 0 Å². The molecule has 0 saturated carbocycles. The van der Waals surface area contributed by atoms with Crippen molar-refractivity contribution in [3.05, 3.63) is 120 Å². The van der Waals surface area contributed by atoms with Crippen LogP contribution in [0.25, 0.3) is 21.8 Å². The number of primary amides is 1. The van der Waals surface area contributed by atoms with Gasteiger partial charge in [0.2, 0.25) is 65.0 Å². The molecule has 3 aromatic carbocycles. The maximum absolute atomic E-state index is 15.3. The van der Waals surface area contributed by atoms with E-state index in [0.29, 0.717) is 50.6 Å². The number of phenolic OH excluding ortho intramolecular Hbond substituents is 1. The minimum Gasteiger partial charge on any atom is -0.508 e. The van der Waals surface area contributed by atoms with Gasteiger partial charge in [0.25, 0.3) is 0 Å². The number of aliphatic hydroxyl groups is 1. The number of aliphatic hydroxyl groups excluding tert-OH is 1. The molecule has 2 aliphatic rings. The highest BCUT2D eigenvalue weighted by molar-refractivity contribution is 6.00. The lowest BCUT2D eigenvalue weighted by atomic mass is 9.99. The molecule has 0 radical (unpaired) electrons. The number of benzene rings is 3. The molecule has 2 aliphatic heterocycles. The van der Waals surface area contributed by atoms with E-state index in [9.17, 15) is 48.6 Å². The predicted molar refractivity (Wildman–Crippen MR) is 357 cm³/mol. The van der Waals surface area contributed by atoms with E-state index in [1.54, 1.807) is 74.8 Å². The number of likely N-dealkylation sites (tertiary alicyclic amines) is 1. The number of aromatic nitrogens is 4. The Bertz CT molecular complexity index is 3900. The van der Waals surface area contributed by atoms with Crippen LogP contribution in [0.2, 0.25) is 0 Å². The number of carbonyl (C=O) groups is 12. The van der Waals surface area contributed by atoms with E-state index in [-0.39, 0.29) is 101 Å². The molecule has 99 heavy (non-hydrogen) atoms. The number of hydrogen-bond donors (Lipinski definition) is 17. The number of aromatic hydroxyl groups is 1. The second-order valence-electron chi connectivity index (χ2n) is 24.7. The van der Waals surface area contributed by atoms with Gasteiger partial charge in [-0.25, -0.2) is 9.78 Å². The number of para-hydroxylation sites is 2. The van der Waals surface area contributed by atoms with Crippen molar-refractivity contribution < 1.29 is 72.5 Å². The number of rotatable bonds is 35. The van der Waals surface area contributed by atoms with E-state index in [1.165, 1.54) is 41.7 Å². The van der Waals surface area contributed by atoms with Crippen LogP contribution in [0.3, 0.4) is 0 Å². The number of nitrogens with zero attached hydrogens (tertiary/aromatic N) is 3. The van der Waals surface area contributed by atoms with Crippen LogP contribution in [0, 0.1) is 5.92 Å². The first-order chi connectivity index (χ1) is 47.4. The van der Waals surface area contributed by atoms with Crippen molar-refractivity contribution in [2.45, 2.75) is 139 Å². The lowest BCUT2D eigenvalue weighted by molar-refractivity contribution is -0.149. The van der Waals surface area contributed by atoms with Gasteiger partial charge in [0.15, 0.2) is 5.96 Å². The SMILES string of the molecule is CC(C)C[C@H](NC(=O)[C@@H](Cc1c[nH]c2ccccc12)NC(=O)[C@H](Cc1ccc(O)cc1)NC(=O)[C@H](COC(=O)CO)NC(=O)[C@H](Cc1c[nH]c2ccccc12)NC(=O)[C@H](Cc1cnc[nH]1)NC(=O)[C@@H]1CCC(=O)N1)C(=O)N[C@@H](CCCN=C(N)N)C(=O)N1CCC[C@H]1C(=O)NCC(N)=O. The molecule has 0 aliphatic carbocycles. The molecule has 9 atom stereocenters. The minimum atomic E-state index is -1.91. The number of esters is 1. The number of phenols is 1. The van der Waals surface area contributed by atoms with E-state index in [4.69, 9.17) is 21.9 Å². The van der Waals surface area contributed by atoms with Crippen molar-refractivity contribution in [2.24, 2.45) is 28.1 Å². The third kappa shape index (κ3) is 21.1. The fourth-order valence-electron chi connectivity index (χ4n) is 11.7. The highest BCUT2D eigenvalue weighted by Crippen LogP contribution is 2.24. The molecule has 5 heterocycles. The van der Waals surface area contributed by atoms with Gasteiger partial charge in [0.05, 0.1) is 12.9 Å². The van der Waals surface area contributed by atoms with E-state index in [0.717, 1.165) is 0 Å². The Hall–Kier alpha value is -11.4. The fourth-order valence-corrected chi connectivity index (χ4v) is 11.7. The maximum Gasteiger partial charge on any atom is 0.331 e. The average molecular weight is 1370 g/mol. The van der Waals surface area contributed by atoms with Crippen LogP contribution in [0.4, 0.5) is 0 Å². The summed E-state index contributed by atoms with van der Waals surface area (Å²) in [6, 6.07) is 7.00. The quantitative estimate of drug-likeness (QED) is 0.00830. The number of nitrogens with two attached hydrogens (primary N) is 3. The Labute approximate surface area is 567 Å². The summed E-state index contributed by atoms with van der Waals surface area (Å²) in [4.78, 5) is 186. The first-order valence-corrected chi connectivity index (χ1v) is 32.4. The third-order valence-corrected chi connectivity index (χ3v) is 16.7. The number of hydrogen-bond acceptors (Lipinski definition) is 17. The van der Waals surface area contributed by atoms with Crippen LogP contribution >= 0.6 is 0 Å². The molecular weight excluding hydrogens is 1280 g/mol. The molecule has 0 unspecified atom stereocenters. The molecule has 20 N–H and O–H groups in total. The third-order valence-electron chi connectivity index (χ3n) is 16.7. The summed E-state index contributed by atoms with van der Waals surface area (Å²) < 4.78 is 5.24. The Morgan fingerprint density at radius 2 is 1.20 bits per heavy atom. The van der Waals surface area contributed by atoms with E-state index in [2.05, 4.69) is 72.8 Å². The smallest absolute Gasteiger partial charge is 0.331 e. The summed E-state index contributed by atoms with van der Waals surface area (Å²) in [6.07, 6.45) is 6.05. The van der Waals surface area contributed by atoms with Crippen LogP contribution in [0.15, 0.2) is 103 Å². The van der Waals surface area contributed by atoms with Gasteiger partial charge in [0, 0.05) is 91.3 Å². The standard InChI is InChI=1S/C66H84N18O15/c1-35(2)23-47(58(91)77-46(13-7-21-71-66(68)69)65(98)84-22-8-14-53(84)64(97)74-31-54(67)87)78-60(93)49(25-37-28-72-43-11-5-3-9-41(37)43)80-59(92)48(24-36-15-17-40(86)18-16-36)79-63(96)52(33-99-56(89)32-85)83-61(94)50(26-38-29-73-44-12-6-4-10-42(38)44)81-62(95)51(27-39-30-70-34-75-39)82-57(90)45-19-20-55(88)76-45/h3-6,9-12,15-18,28-30,34-35,45-53,72-73,85-86H,7-8,13-14,19-27,31-33H2,1-2H3,(H2,67,87)(H,70,75)(H,74,97)(H,76,88)(H,77,91)(H,78,93)(H,79,96)(H,80,92)(H,81,95)(H,82,90)(H,83,94)(H4,68,69,71)/t45-,46-,47-,48-,49+,50-,51-,52-,53-/m0/s1. The predicted octanol–water partition coefficient (Wildman–Crippen LogP) is -2.75. The molecular formula is C66H84N18O15. The zero-order chi connectivity index (χ0) is 71.3. The summed E-state index contributed by atoms with van der Waals surface area (Å²) in [7, 11) is 0. The molecule has 33 nitrogen and oxygen atoms in total. The zero-order valence-corrected chi connectivity index (χ0v) is 54.6. The van der Waals surface area contributed by atoms with E-state index >= 15 is 19.2 Å². The number of nitrogens with one attached hydrogen (secondary N) is 12. The lowest BCUT2D eigenvalue weighted by Gasteiger charge is -2.30. The molecule has 2 fully saturated rings. The van der Waals surface area contributed by atoms with E-state index in [1.807, 2.05) is 0 Å². The number of fused-ring (bicyclic) bond motifs is 2. The number of H-pyrrole nitrogens is 3. The van der Waals surface area contributed by atoms with Crippen LogP contribution < -0.4 is 65.1 Å². The largest absolute Gasteiger partial charge is 0.508 e. The second kappa shape index (κ2) is 35.0. The fraction of sp³-hybridized carbons (Fsp3) is 0.424. The van der Waals surface area contributed by atoms with Crippen molar-refractivity contribution in [1.29, 1.82) is 0 Å². The number of guanidine groups is 1. The van der Waals surface area contributed by atoms with Crippen LogP contribution in [-0.4, -0.2) is 199 Å². The minimum absolute atomic E-state index is 0.00838. The molecule has 11 amide bonds. The van der Waals surface area contributed by atoms with Crippen molar-refractivity contribution in [1.82, 2.24) is 72.7 Å². The molecule has 6 aromatic rings. The summed E-state index contributed by atoms with van der Waals surface area (Å²) in [5.41, 5.74) is 19.6. The van der Waals surface area contributed by atoms with Gasteiger partial charge in [-0.1, -0.05) is 62.4 Å². The Kier molecular flexibility index (Phi) is 26.0. The monoisotopic (exact) mass is 1370 g/mol. The van der Waals surface area contributed by atoms with E-state index < -0.39 is 139 Å². The summed E-state index contributed by atoms with van der Waals surface area (Å²) >= 11 is 0. The molecule has 528 valence electrons. The summed E-state index contributed by atoms with van der Waals surface area (Å²) in [5.74, 6) is -10.7. The number of imidazole rings is 1. The molecule has 33 heteroatoms. The number of aliphatic imine (C=N–C) groups is 1. The highest BCUT2D eigenvalue weighted by Gasteiger charge is 2.40. The first-order valence-electron chi connectivity index (χ1n) is 32.4. The molecule has 0 spiro atoms. The van der Waals surface area contributed by atoms with Crippen molar-refractivity contribution in [3.63, 3.8) is 0 Å². The summed E-state index contributed by atoms with van der Waals surface area (Å²) in [6.45, 7) is 1.18. The molecule has 3 aromatic heterocycles. The van der Waals surface area contributed by atoms with Crippen LogP contribution in [-0.2, 0) is 88.0 Å². The van der Waals surface area contributed by atoms with Crippen molar-refractivity contribution in [2.75, 3.05) is 32.8 Å². The Morgan fingerprint density at radius 3 is 1.75 bits per heavy atom. The number of amides is 11. The molecule has 8 rings (SSSR count). The zero-order valence-electron chi connectivity index (χ0n) is 54.6. The Morgan fingerprint density at radius 1 is 0.657 bits per heavy atom. The number of carbonyl (C=O) groups excluding carboxylic acids is 12. The molecule has 0 bridgehead atoms. The first kappa shape index (κ1) is 73.4. The topological polar surface area (TPSA) is 517 Å². The Balaban J connectivity index is 1.09. The maximum atomic E-state index is 15.3. The van der Waals surface area contributed by atoms with Gasteiger partial charge < -0.3 is 99.9 Å². The summed E-state index contributed by atoms with van der Waals surface area (Å²) in [5, 5.41) is 45.3. The van der Waals surface area contributed by atoms with Crippen molar-refractivity contribution in [3.8, 4) is 5.75 Å². The molecule has 2 saturated heterocycles. The normalized spacial score (nSPS) is 16.4. The van der Waals surface area contributed by atoms with Gasteiger partial charge in [0.1, 0.15) is 73.3 Å². The second-order valence-corrected chi connectivity index (χ2v) is 24.7. The lowest BCUT2D eigenvalue weighted by Crippen LogP contribution is -2.62. The van der Waals surface area contributed by atoms with Gasteiger partial charge in [-0.2, -0.15) is 0 Å². The average Bonchev–Trinajstić information content (AvgIpc) is 1.76.